The van der Waals surface area contributed by atoms with Crippen LogP contribution in [0, 0.1) is 5.92 Å². The molecule has 1 fully saturated rings. The van der Waals surface area contributed by atoms with Crippen molar-refractivity contribution >= 4 is 15.8 Å². The number of carbonyl (C=O) groups is 1. The maximum absolute atomic E-state index is 11.9. The fraction of sp³-hybridized carbons (Fsp3) is 0.500. The predicted octanol–water partition coefficient (Wildman–Crippen LogP) is 1.01. The number of sulfonamides is 1. The van der Waals surface area contributed by atoms with Crippen molar-refractivity contribution in [2.24, 2.45) is 11.1 Å². The summed E-state index contributed by atoms with van der Waals surface area (Å²) in [5, 5.41) is 4.69. The van der Waals surface area contributed by atoms with Crippen LogP contribution in [0.3, 0.4) is 0 Å². The Morgan fingerprint density at radius 3 is 2.69 bits per heavy atom. The van der Waals surface area contributed by atoms with E-state index in [4.69, 9.17) is 9.56 Å². The highest BCUT2D eigenvalue weighted by molar-refractivity contribution is 7.89. The lowest BCUT2D eigenvalue weighted by Crippen LogP contribution is -2.17. The summed E-state index contributed by atoms with van der Waals surface area (Å²) in [7, 11) is -3.86. The van der Waals surface area contributed by atoms with Gasteiger partial charge in [0.2, 0.25) is 5.09 Å². The Hall–Kier alpha value is -1.14. The minimum Gasteiger partial charge on any atom is -0.447 e. The van der Waals surface area contributed by atoms with E-state index >= 15 is 0 Å². The van der Waals surface area contributed by atoms with Crippen LogP contribution in [0.5, 0.6) is 0 Å². The summed E-state index contributed by atoms with van der Waals surface area (Å²) < 4.78 is 27.5. The van der Waals surface area contributed by atoms with E-state index in [1.807, 2.05) is 0 Å². The van der Waals surface area contributed by atoms with Crippen LogP contribution in [0.25, 0.3) is 0 Å². The topological polar surface area (TPSA) is 90.4 Å². The van der Waals surface area contributed by atoms with Crippen molar-refractivity contribution in [2.45, 2.75) is 30.3 Å². The molecule has 2 bridgehead atoms. The number of fused-ring (bicyclic) bond motifs is 4. The van der Waals surface area contributed by atoms with Crippen molar-refractivity contribution in [3.63, 3.8) is 0 Å². The number of nitrogens with two attached hydrogens (primary N) is 1. The van der Waals surface area contributed by atoms with Crippen LogP contribution < -0.4 is 5.14 Å². The van der Waals surface area contributed by atoms with Crippen LogP contribution in [-0.4, -0.2) is 14.2 Å². The van der Waals surface area contributed by atoms with Crippen LogP contribution in [0.1, 0.15) is 41.3 Å². The molecule has 86 valence electrons. The lowest BCUT2D eigenvalue weighted by Gasteiger charge is -2.15. The maximum Gasteiger partial charge on any atom is 0.271 e. The third kappa shape index (κ3) is 1.26. The van der Waals surface area contributed by atoms with E-state index in [-0.39, 0.29) is 22.7 Å². The van der Waals surface area contributed by atoms with E-state index in [1.165, 1.54) is 6.07 Å². The highest BCUT2D eigenvalue weighted by Gasteiger charge is 2.42. The van der Waals surface area contributed by atoms with Gasteiger partial charge in [-0.15, -0.1) is 0 Å². The van der Waals surface area contributed by atoms with Gasteiger partial charge in [-0.25, -0.2) is 13.6 Å². The Morgan fingerprint density at radius 2 is 2.00 bits per heavy atom. The number of ketones is 1. The first kappa shape index (κ1) is 10.0. The zero-order valence-electron chi connectivity index (χ0n) is 8.47. The molecule has 0 spiro atoms. The second-order valence-electron chi connectivity index (χ2n) is 4.46. The zero-order valence-corrected chi connectivity index (χ0v) is 9.29. The Labute approximate surface area is 92.7 Å². The minimum atomic E-state index is -3.86. The van der Waals surface area contributed by atoms with Crippen LogP contribution >= 0.6 is 0 Å². The first-order chi connectivity index (χ1) is 7.47. The van der Waals surface area contributed by atoms with Crippen molar-refractivity contribution in [3.8, 4) is 0 Å². The van der Waals surface area contributed by atoms with Crippen molar-refractivity contribution < 1.29 is 17.6 Å². The molecule has 0 saturated heterocycles. The average molecular weight is 241 g/mol. The maximum atomic E-state index is 11.9. The minimum absolute atomic E-state index is 0.00222. The molecule has 2 aliphatic rings. The van der Waals surface area contributed by atoms with E-state index in [9.17, 15) is 13.2 Å². The van der Waals surface area contributed by atoms with Gasteiger partial charge in [0, 0.05) is 17.9 Å². The molecule has 2 unspecified atom stereocenters. The summed E-state index contributed by atoms with van der Waals surface area (Å²) in [6.45, 7) is 0. The largest absolute Gasteiger partial charge is 0.447 e. The predicted molar refractivity (Wildman–Crippen MR) is 54.5 cm³/mol. The zero-order chi connectivity index (χ0) is 11.5. The van der Waals surface area contributed by atoms with Gasteiger partial charge in [0.05, 0.1) is 5.56 Å². The van der Waals surface area contributed by atoms with Gasteiger partial charge in [-0.1, -0.05) is 0 Å². The molecule has 0 aromatic carbocycles. The lowest BCUT2D eigenvalue weighted by molar-refractivity contribution is 0.0910. The third-order valence-electron chi connectivity index (χ3n) is 3.46. The van der Waals surface area contributed by atoms with Crippen LogP contribution in [0.15, 0.2) is 15.6 Å². The molecular weight excluding hydrogens is 230 g/mol. The second kappa shape index (κ2) is 2.95. The molecule has 3 rings (SSSR count). The number of Topliss-reactive ketones (excluding diaryl/α,β-unsaturated/α-hetero) is 1. The van der Waals surface area contributed by atoms with Crippen LogP contribution in [0.4, 0.5) is 0 Å². The third-order valence-corrected chi connectivity index (χ3v) is 4.22. The van der Waals surface area contributed by atoms with Gasteiger partial charge in [0.1, 0.15) is 5.76 Å². The highest BCUT2D eigenvalue weighted by Crippen LogP contribution is 2.47. The van der Waals surface area contributed by atoms with Crippen molar-refractivity contribution in [1.82, 2.24) is 0 Å². The molecule has 1 aromatic rings. The summed E-state index contributed by atoms with van der Waals surface area (Å²) in [6, 6.07) is 1.28. The van der Waals surface area contributed by atoms with Crippen molar-refractivity contribution in [2.75, 3.05) is 0 Å². The molecule has 1 aromatic heterocycles. The molecule has 1 saturated carbocycles. The lowest BCUT2D eigenvalue weighted by atomic mass is 9.87. The summed E-state index contributed by atoms with van der Waals surface area (Å²) in [5.41, 5.74) is 0.419. The first-order valence-corrected chi connectivity index (χ1v) is 6.72. The number of primary sulfonamides is 1. The van der Waals surface area contributed by atoms with Crippen molar-refractivity contribution in [3.05, 3.63) is 17.4 Å². The fourth-order valence-electron chi connectivity index (χ4n) is 2.70. The quantitative estimate of drug-likeness (QED) is 0.794. The van der Waals surface area contributed by atoms with E-state index in [0.29, 0.717) is 11.3 Å². The van der Waals surface area contributed by atoms with E-state index in [1.54, 1.807) is 0 Å². The Kier molecular flexibility index (Phi) is 1.85. The van der Waals surface area contributed by atoms with Gasteiger partial charge >= 0.3 is 0 Å². The standard InChI is InChI=1S/C10H11NO4S/c11-16(13,14)8-4-7-9(12)5-1-2-6(3-5)10(7)15-8/h4-6H,1-3H2,(H2,11,13,14). The number of furan rings is 1. The van der Waals surface area contributed by atoms with E-state index < -0.39 is 10.0 Å². The summed E-state index contributed by atoms with van der Waals surface area (Å²) in [4.78, 5) is 11.9. The number of carbonyl (C=O) groups excluding carboxylic acids is 1. The molecule has 2 aliphatic carbocycles. The number of hydrogen-bond donors (Lipinski definition) is 1. The van der Waals surface area contributed by atoms with Gasteiger partial charge in [-0.2, -0.15) is 0 Å². The Balaban J connectivity index is 2.18. The summed E-state index contributed by atoms with van der Waals surface area (Å²) >= 11 is 0. The Bertz CT molecular complexity index is 572. The fourth-order valence-corrected chi connectivity index (χ4v) is 3.18. The van der Waals surface area contributed by atoms with Crippen LogP contribution in [0.2, 0.25) is 0 Å². The number of rotatable bonds is 1. The second-order valence-corrected chi connectivity index (χ2v) is 5.95. The molecule has 0 radical (unpaired) electrons. The normalized spacial score (nSPS) is 28.2. The molecular formula is C10H11NO4S. The highest BCUT2D eigenvalue weighted by atomic mass is 32.2. The van der Waals surface area contributed by atoms with Gasteiger partial charge < -0.3 is 4.42 Å². The van der Waals surface area contributed by atoms with Crippen molar-refractivity contribution in [1.29, 1.82) is 0 Å². The average Bonchev–Trinajstić information content (AvgIpc) is 2.80. The SMILES string of the molecule is NS(=O)(=O)c1cc2c(o1)C1CCC(C1)C2=O. The van der Waals surface area contributed by atoms with E-state index in [2.05, 4.69) is 0 Å². The van der Waals surface area contributed by atoms with Gasteiger partial charge in [0.15, 0.2) is 5.78 Å². The molecule has 2 atom stereocenters. The van der Waals surface area contributed by atoms with Crippen LogP contribution in [-0.2, 0) is 10.0 Å². The molecule has 0 amide bonds. The molecule has 5 nitrogen and oxygen atoms in total. The molecule has 1 heterocycles. The van der Waals surface area contributed by atoms with Gasteiger partial charge in [-0.3, -0.25) is 4.79 Å². The first-order valence-electron chi connectivity index (χ1n) is 5.17. The van der Waals surface area contributed by atoms with Gasteiger partial charge in [-0.05, 0) is 19.3 Å². The van der Waals surface area contributed by atoms with E-state index in [0.717, 1.165) is 19.3 Å². The molecule has 2 N–H and O–H groups in total. The number of hydrogen-bond acceptors (Lipinski definition) is 4. The summed E-state index contributed by atoms with van der Waals surface area (Å²) in [5.74, 6) is 0.752. The Morgan fingerprint density at radius 1 is 1.31 bits per heavy atom. The molecule has 6 heteroatoms. The van der Waals surface area contributed by atoms with Gasteiger partial charge in [0.25, 0.3) is 10.0 Å². The smallest absolute Gasteiger partial charge is 0.271 e. The molecule has 0 aliphatic heterocycles. The summed E-state index contributed by atoms with van der Waals surface area (Å²) in [6.07, 6.45) is 2.54. The monoisotopic (exact) mass is 241 g/mol. The molecule has 16 heavy (non-hydrogen) atoms.